The van der Waals surface area contributed by atoms with Crippen molar-refractivity contribution in [1.82, 2.24) is 10.6 Å². The number of benzene rings is 3. The molecule has 0 radical (unpaired) electrons. The Kier molecular flexibility index (Phi) is 8.13. The Morgan fingerprint density at radius 2 is 1.45 bits per heavy atom. The lowest BCUT2D eigenvalue weighted by molar-refractivity contribution is -0.120. The summed E-state index contributed by atoms with van der Waals surface area (Å²) in [6, 6.07) is 18.8. The molecule has 33 heavy (non-hydrogen) atoms. The number of nitrogens with zero attached hydrogens (tertiary/aromatic N) is 1. The summed E-state index contributed by atoms with van der Waals surface area (Å²) in [4.78, 5) is 26.9. The fourth-order valence-corrected chi connectivity index (χ4v) is 3.26. The summed E-state index contributed by atoms with van der Waals surface area (Å²) in [5, 5.41) is 5.70. The van der Waals surface area contributed by atoms with Crippen LogP contribution in [0.15, 0.2) is 72.8 Å². The summed E-state index contributed by atoms with van der Waals surface area (Å²) >= 11 is 0. The first-order valence-electron chi connectivity index (χ1n) is 10.7. The molecule has 0 heterocycles. The highest BCUT2D eigenvalue weighted by molar-refractivity contribution is 5.92. The standard InChI is InChI=1S/C26H27F2N3O2/c1-18(2)30-26(33)31(17-20-8-12-23(28)13-9-20)24-5-3-4-21(14-24)15-25(32)29-16-19-6-10-22(27)11-7-19/h3-14,18H,15-17H2,1-2H3,(H,29,32)(H,30,33). The molecule has 5 nitrogen and oxygen atoms in total. The van der Waals surface area contributed by atoms with E-state index >= 15 is 0 Å². The fraction of sp³-hybridized carbons (Fsp3) is 0.231. The van der Waals surface area contributed by atoms with Gasteiger partial charge in [0.2, 0.25) is 5.91 Å². The molecule has 0 unspecified atom stereocenters. The molecule has 0 fully saturated rings. The average Bonchev–Trinajstić information content (AvgIpc) is 2.78. The van der Waals surface area contributed by atoms with Gasteiger partial charge in [-0.2, -0.15) is 0 Å². The molecular weight excluding hydrogens is 424 g/mol. The number of hydrogen-bond acceptors (Lipinski definition) is 2. The summed E-state index contributed by atoms with van der Waals surface area (Å²) in [5.41, 5.74) is 2.94. The van der Waals surface area contributed by atoms with E-state index in [1.807, 2.05) is 19.9 Å². The van der Waals surface area contributed by atoms with Crippen LogP contribution < -0.4 is 15.5 Å². The number of hydrogen-bond donors (Lipinski definition) is 2. The van der Waals surface area contributed by atoms with Gasteiger partial charge in [-0.15, -0.1) is 0 Å². The number of halogens is 2. The topological polar surface area (TPSA) is 61.4 Å². The summed E-state index contributed by atoms with van der Waals surface area (Å²) in [6.45, 7) is 4.29. The zero-order valence-corrected chi connectivity index (χ0v) is 18.6. The Morgan fingerprint density at radius 3 is 2.06 bits per heavy atom. The molecule has 2 N–H and O–H groups in total. The van der Waals surface area contributed by atoms with Crippen LogP contribution in [0.2, 0.25) is 0 Å². The normalized spacial score (nSPS) is 10.7. The van der Waals surface area contributed by atoms with E-state index in [4.69, 9.17) is 0 Å². The molecule has 0 spiro atoms. The van der Waals surface area contributed by atoms with E-state index < -0.39 is 0 Å². The Labute approximate surface area is 192 Å². The zero-order chi connectivity index (χ0) is 23.8. The summed E-state index contributed by atoms with van der Waals surface area (Å²) in [6.07, 6.45) is 0.130. The number of anilines is 1. The smallest absolute Gasteiger partial charge is 0.322 e. The van der Waals surface area contributed by atoms with Crippen LogP contribution in [0.4, 0.5) is 19.3 Å². The molecule has 3 aromatic rings. The first kappa shape index (κ1) is 23.9. The van der Waals surface area contributed by atoms with Crippen LogP contribution in [-0.4, -0.2) is 18.0 Å². The molecule has 3 amide bonds. The number of carbonyl (C=O) groups excluding carboxylic acids is 2. The molecule has 0 aliphatic rings. The number of carbonyl (C=O) groups is 2. The van der Waals surface area contributed by atoms with Crippen molar-refractivity contribution in [2.75, 3.05) is 4.90 Å². The molecule has 0 aliphatic carbocycles. The quantitative estimate of drug-likeness (QED) is 0.509. The van der Waals surface area contributed by atoms with Crippen LogP contribution in [0.1, 0.15) is 30.5 Å². The van der Waals surface area contributed by atoms with Crippen molar-refractivity contribution >= 4 is 17.6 Å². The van der Waals surface area contributed by atoms with Gasteiger partial charge in [-0.25, -0.2) is 13.6 Å². The molecule has 0 atom stereocenters. The fourth-order valence-electron chi connectivity index (χ4n) is 3.26. The van der Waals surface area contributed by atoms with Crippen LogP contribution in [0.25, 0.3) is 0 Å². The minimum Gasteiger partial charge on any atom is -0.352 e. The second-order valence-corrected chi connectivity index (χ2v) is 8.07. The summed E-state index contributed by atoms with van der Waals surface area (Å²) < 4.78 is 26.3. The van der Waals surface area contributed by atoms with Gasteiger partial charge in [0.15, 0.2) is 0 Å². The monoisotopic (exact) mass is 451 g/mol. The zero-order valence-electron chi connectivity index (χ0n) is 18.6. The van der Waals surface area contributed by atoms with Gasteiger partial charge in [-0.05, 0) is 66.9 Å². The summed E-state index contributed by atoms with van der Waals surface area (Å²) in [7, 11) is 0. The third kappa shape index (κ3) is 7.42. The van der Waals surface area contributed by atoms with Crippen molar-refractivity contribution in [3.63, 3.8) is 0 Å². The lowest BCUT2D eigenvalue weighted by Crippen LogP contribution is -2.42. The highest BCUT2D eigenvalue weighted by Crippen LogP contribution is 2.20. The Bertz CT molecular complexity index is 1080. The number of nitrogens with one attached hydrogen (secondary N) is 2. The van der Waals surface area contributed by atoms with E-state index in [-0.39, 0.29) is 42.6 Å². The molecule has 172 valence electrons. The molecule has 0 aromatic heterocycles. The lowest BCUT2D eigenvalue weighted by Gasteiger charge is -2.25. The van der Waals surface area contributed by atoms with Crippen LogP contribution in [0.5, 0.6) is 0 Å². The van der Waals surface area contributed by atoms with Crippen molar-refractivity contribution in [1.29, 1.82) is 0 Å². The average molecular weight is 452 g/mol. The number of rotatable bonds is 8. The van der Waals surface area contributed by atoms with Crippen molar-refractivity contribution in [3.8, 4) is 0 Å². The van der Waals surface area contributed by atoms with Gasteiger partial charge in [0.1, 0.15) is 11.6 Å². The van der Waals surface area contributed by atoms with Crippen molar-refractivity contribution in [2.24, 2.45) is 0 Å². The van der Waals surface area contributed by atoms with Crippen molar-refractivity contribution in [3.05, 3.63) is 101 Å². The second kappa shape index (κ2) is 11.2. The number of amides is 3. The second-order valence-electron chi connectivity index (χ2n) is 8.07. The van der Waals surface area contributed by atoms with Crippen LogP contribution in [-0.2, 0) is 24.3 Å². The lowest BCUT2D eigenvalue weighted by atomic mass is 10.1. The maximum Gasteiger partial charge on any atom is 0.322 e. The predicted molar refractivity (Wildman–Crippen MR) is 125 cm³/mol. The van der Waals surface area contributed by atoms with Gasteiger partial charge >= 0.3 is 6.03 Å². The highest BCUT2D eigenvalue weighted by Gasteiger charge is 2.18. The molecule has 0 saturated heterocycles. The van der Waals surface area contributed by atoms with E-state index in [0.29, 0.717) is 12.2 Å². The Hall–Kier alpha value is -3.74. The molecule has 3 aromatic carbocycles. The van der Waals surface area contributed by atoms with Gasteiger partial charge in [-0.1, -0.05) is 36.4 Å². The van der Waals surface area contributed by atoms with E-state index in [9.17, 15) is 18.4 Å². The minimum atomic E-state index is -0.342. The van der Waals surface area contributed by atoms with E-state index in [1.165, 1.54) is 24.3 Å². The van der Waals surface area contributed by atoms with Gasteiger partial charge in [0.25, 0.3) is 0 Å². The first-order valence-corrected chi connectivity index (χ1v) is 10.7. The first-order chi connectivity index (χ1) is 15.8. The molecule has 0 aliphatic heterocycles. The Balaban J connectivity index is 1.72. The highest BCUT2D eigenvalue weighted by atomic mass is 19.1. The van der Waals surface area contributed by atoms with Gasteiger partial charge < -0.3 is 10.6 Å². The van der Waals surface area contributed by atoms with E-state index in [0.717, 1.165) is 16.7 Å². The molecule has 7 heteroatoms. The molecule has 0 saturated carbocycles. The van der Waals surface area contributed by atoms with Crippen LogP contribution >= 0.6 is 0 Å². The molecular formula is C26H27F2N3O2. The maximum atomic E-state index is 13.3. The Morgan fingerprint density at radius 1 is 0.848 bits per heavy atom. The maximum absolute atomic E-state index is 13.3. The van der Waals surface area contributed by atoms with E-state index in [1.54, 1.807) is 47.4 Å². The minimum absolute atomic E-state index is 0.0614. The third-order valence-corrected chi connectivity index (χ3v) is 4.90. The van der Waals surface area contributed by atoms with Crippen molar-refractivity contribution in [2.45, 2.75) is 39.4 Å². The molecule has 3 rings (SSSR count). The van der Waals surface area contributed by atoms with Gasteiger partial charge in [0.05, 0.1) is 13.0 Å². The third-order valence-electron chi connectivity index (χ3n) is 4.90. The summed E-state index contributed by atoms with van der Waals surface area (Å²) in [5.74, 6) is -0.854. The van der Waals surface area contributed by atoms with Crippen molar-refractivity contribution < 1.29 is 18.4 Å². The van der Waals surface area contributed by atoms with Crippen LogP contribution in [0, 0.1) is 11.6 Å². The largest absolute Gasteiger partial charge is 0.352 e. The predicted octanol–water partition coefficient (Wildman–Crippen LogP) is 4.95. The van der Waals surface area contributed by atoms with Gasteiger partial charge in [-0.3, -0.25) is 9.69 Å². The van der Waals surface area contributed by atoms with Gasteiger partial charge in [0, 0.05) is 18.3 Å². The number of urea groups is 1. The van der Waals surface area contributed by atoms with Crippen LogP contribution in [0.3, 0.4) is 0 Å². The van der Waals surface area contributed by atoms with E-state index in [2.05, 4.69) is 10.6 Å². The SMILES string of the molecule is CC(C)NC(=O)N(Cc1ccc(F)cc1)c1cccc(CC(=O)NCc2ccc(F)cc2)c1. The molecule has 0 bridgehead atoms.